The quantitative estimate of drug-likeness (QED) is 0.724. The molecule has 0 fully saturated rings. The van der Waals surface area contributed by atoms with E-state index in [-0.39, 0.29) is 4.90 Å². The van der Waals surface area contributed by atoms with Crippen molar-refractivity contribution in [2.24, 2.45) is 0 Å². The molecule has 0 radical (unpaired) electrons. The van der Waals surface area contributed by atoms with E-state index in [1.807, 2.05) is 43.3 Å². The highest BCUT2D eigenvalue weighted by Crippen LogP contribution is 2.37. The number of benzene rings is 2. The Hall–Kier alpha value is -2.44. The van der Waals surface area contributed by atoms with Crippen molar-refractivity contribution in [2.45, 2.75) is 25.2 Å². The fourth-order valence-electron chi connectivity index (χ4n) is 2.70. The van der Waals surface area contributed by atoms with Gasteiger partial charge in [-0.15, -0.1) is 0 Å². The summed E-state index contributed by atoms with van der Waals surface area (Å²) in [5.41, 5.74) is 2.80. The number of nitrogens with one attached hydrogen (secondary N) is 1. The highest BCUT2D eigenvalue weighted by Gasteiger charge is 2.24. The van der Waals surface area contributed by atoms with Crippen molar-refractivity contribution in [1.29, 1.82) is 0 Å². The smallest absolute Gasteiger partial charge is 0.241 e. The van der Waals surface area contributed by atoms with Crippen molar-refractivity contribution in [1.82, 2.24) is 9.88 Å². The fraction of sp³-hybridized carbons (Fsp3) is 0.211. The van der Waals surface area contributed by atoms with E-state index in [1.165, 1.54) is 0 Å². The zero-order valence-electron chi connectivity index (χ0n) is 14.2. The van der Waals surface area contributed by atoms with Crippen LogP contribution in [-0.2, 0) is 10.0 Å². The average Bonchev–Trinajstić information content (AvgIpc) is 3.02. The summed E-state index contributed by atoms with van der Waals surface area (Å²) < 4.78 is 33.4. The molecule has 25 heavy (non-hydrogen) atoms. The first-order valence-corrected chi connectivity index (χ1v) is 9.63. The van der Waals surface area contributed by atoms with Crippen LogP contribution in [0.3, 0.4) is 0 Å². The molecule has 0 bridgehead atoms. The molecule has 0 unspecified atom stereocenters. The van der Waals surface area contributed by atoms with Crippen molar-refractivity contribution >= 4 is 10.0 Å². The number of rotatable bonds is 6. The summed E-state index contributed by atoms with van der Waals surface area (Å²) in [6.07, 6.45) is 0.725. The van der Waals surface area contributed by atoms with Crippen LogP contribution >= 0.6 is 0 Å². The minimum Gasteiger partial charge on any atom is -0.360 e. The van der Waals surface area contributed by atoms with Gasteiger partial charge in [-0.3, -0.25) is 0 Å². The molecule has 1 N–H and O–H groups in total. The van der Waals surface area contributed by atoms with Gasteiger partial charge in [0.1, 0.15) is 11.5 Å². The van der Waals surface area contributed by atoms with Gasteiger partial charge in [-0.05, 0) is 19.4 Å². The molecular formula is C19H20N2O3S. The molecule has 0 aliphatic rings. The molecule has 0 spiro atoms. The number of hydrogen-bond donors (Lipinski definition) is 1. The number of aromatic nitrogens is 1. The van der Waals surface area contributed by atoms with Crippen LogP contribution in [0.2, 0.25) is 0 Å². The Morgan fingerprint density at radius 3 is 2.44 bits per heavy atom. The van der Waals surface area contributed by atoms with Gasteiger partial charge in [0.25, 0.3) is 0 Å². The lowest BCUT2D eigenvalue weighted by molar-refractivity contribution is 0.400. The Bertz CT molecular complexity index is 963. The standard InChI is InChI=1S/C19H20N2O3S/c1-3-13-20-25(22,23)17-12-8-7-11-16(17)18-14(2)24-21-19(18)15-9-5-4-6-10-15/h4-12,20H,3,13H2,1-2H3. The Morgan fingerprint density at radius 1 is 1.04 bits per heavy atom. The maximum atomic E-state index is 12.7. The average molecular weight is 356 g/mol. The van der Waals surface area contributed by atoms with E-state index in [4.69, 9.17) is 4.52 Å². The summed E-state index contributed by atoms with van der Waals surface area (Å²) in [6.45, 7) is 4.11. The molecule has 0 atom stereocenters. The SMILES string of the molecule is CCCNS(=O)(=O)c1ccccc1-c1c(-c2ccccc2)noc1C. The molecule has 3 aromatic rings. The summed E-state index contributed by atoms with van der Waals surface area (Å²) in [4.78, 5) is 0.229. The first-order valence-electron chi connectivity index (χ1n) is 8.15. The van der Waals surface area contributed by atoms with Crippen LogP contribution in [0.1, 0.15) is 19.1 Å². The topological polar surface area (TPSA) is 72.2 Å². The highest BCUT2D eigenvalue weighted by atomic mass is 32.2. The maximum absolute atomic E-state index is 12.7. The summed E-state index contributed by atoms with van der Waals surface area (Å²) in [5.74, 6) is 0.581. The van der Waals surface area contributed by atoms with E-state index in [1.54, 1.807) is 25.1 Å². The molecule has 6 heteroatoms. The molecule has 0 amide bonds. The largest absolute Gasteiger partial charge is 0.360 e. The normalized spacial score (nSPS) is 11.6. The first kappa shape index (κ1) is 17.4. The monoisotopic (exact) mass is 356 g/mol. The lowest BCUT2D eigenvalue weighted by Gasteiger charge is -2.11. The van der Waals surface area contributed by atoms with E-state index in [9.17, 15) is 8.42 Å². The van der Waals surface area contributed by atoms with Crippen molar-refractivity contribution in [2.75, 3.05) is 6.54 Å². The van der Waals surface area contributed by atoms with Gasteiger partial charge >= 0.3 is 0 Å². The van der Waals surface area contributed by atoms with E-state index in [0.717, 1.165) is 12.0 Å². The number of nitrogens with zero attached hydrogens (tertiary/aromatic N) is 1. The van der Waals surface area contributed by atoms with Gasteiger partial charge in [0.2, 0.25) is 10.0 Å². The lowest BCUT2D eigenvalue weighted by atomic mass is 9.99. The number of hydrogen-bond acceptors (Lipinski definition) is 4. The third-order valence-electron chi connectivity index (χ3n) is 3.90. The Kier molecular flexibility index (Phi) is 5.01. The van der Waals surface area contributed by atoms with Gasteiger partial charge in [-0.25, -0.2) is 13.1 Å². The minimum atomic E-state index is -3.61. The zero-order chi connectivity index (χ0) is 17.9. The molecule has 0 saturated heterocycles. The highest BCUT2D eigenvalue weighted by molar-refractivity contribution is 7.89. The van der Waals surface area contributed by atoms with Crippen LogP contribution in [-0.4, -0.2) is 20.1 Å². The third kappa shape index (κ3) is 3.50. The van der Waals surface area contributed by atoms with Crippen molar-refractivity contribution < 1.29 is 12.9 Å². The fourth-order valence-corrected chi connectivity index (χ4v) is 4.05. The van der Waals surface area contributed by atoms with Crippen LogP contribution < -0.4 is 4.72 Å². The molecule has 1 aromatic heterocycles. The molecule has 3 rings (SSSR count). The maximum Gasteiger partial charge on any atom is 0.241 e. The predicted molar refractivity (Wildman–Crippen MR) is 97.6 cm³/mol. The summed E-state index contributed by atoms with van der Waals surface area (Å²) in [7, 11) is -3.61. The Balaban J connectivity index is 2.18. The Labute approximate surface area is 147 Å². The molecule has 1 heterocycles. The van der Waals surface area contributed by atoms with Gasteiger partial charge in [-0.1, -0.05) is 60.6 Å². The van der Waals surface area contributed by atoms with Gasteiger partial charge in [0.05, 0.1) is 10.5 Å². The van der Waals surface area contributed by atoms with Crippen molar-refractivity contribution in [3.63, 3.8) is 0 Å². The van der Waals surface area contributed by atoms with Gasteiger partial charge in [0.15, 0.2) is 0 Å². The van der Waals surface area contributed by atoms with Crippen LogP contribution in [0, 0.1) is 6.92 Å². The van der Waals surface area contributed by atoms with Crippen LogP contribution in [0.5, 0.6) is 0 Å². The molecule has 0 aliphatic heterocycles. The molecular weight excluding hydrogens is 336 g/mol. The van der Waals surface area contributed by atoms with E-state index in [0.29, 0.717) is 29.1 Å². The van der Waals surface area contributed by atoms with Gasteiger partial charge in [-0.2, -0.15) is 0 Å². The van der Waals surface area contributed by atoms with E-state index in [2.05, 4.69) is 9.88 Å². The predicted octanol–water partition coefficient (Wildman–Crippen LogP) is 4.01. The third-order valence-corrected chi connectivity index (χ3v) is 5.42. The van der Waals surface area contributed by atoms with Crippen LogP contribution in [0.4, 0.5) is 0 Å². The minimum absolute atomic E-state index is 0.229. The molecule has 2 aromatic carbocycles. The molecule has 0 saturated carbocycles. The van der Waals surface area contributed by atoms with E-state index >= 15 is 0 Å². The molecule has 130 valence electrons. The second kappa shape index (κ2) is 7.21. The lowest BCUT2D eigenvalue weighted by Crippen LogP contribution is -2.25. The molecule has 5 nitrogen and oxygen atoms in total. The summed E-state index contributed by atoms with van der Waals surface area (Å²) in [6, 6.07) is 16.5. The zero-order valence-corrected chi connectivity index (χ0v) is 15.0. The van der Waals surface area contributed by atoms with Gasteiger partial charge < -0.3 is 4.52 Å². The number of sulfonamides is 1. The van der Waals surface area contributed by atoms with Crippen LogP contribution in [0.25, 0.3) is 22.4 Å². The summed E-state index contributed by atoms with van der Waals surface area (Å²) in [5, 5.41) is 4.16. The van der Waals surface area contributed by atoms with Crippen LogP contribution in [0.15, 0.2) is 64.0 Å². The van der Waals surface area contributed by atoms with Crippen molar-refractivity contribution in [3.8, 4) is 22.4 Å². The number of aryl methyl sites for hydroxylation is 1. The van der Waals surface area contributed by atoms with Crippen molar-refractivity contribution in [3.05, 3.63) is 60.4 Å². The van der Waals surface area contributed by atoms with Gasteiger partial charge in [0, 0.05) is 17.7 Å². The summed E-state index contributed by atoms with van der Waals surface area (Å²) >= 11 is 0. The van der Waals surface area contributed by atoms with E-state index < -0.39 is 10.0 Å². The molecule has 0 aliphatic carbocycles. The Morgan fingerprint density at radius 2 is 1.72 bits per heavy atom. The second-order valence-corrected chi connectivity index (χ2v) is 7.46. The second-order valence-electron chi connectivity index (χ2n) is 5.72. The first-order chi connectivity index (χ1) is 12.0.